The molecule has 0 aliphatic heterocycles. The molecular formula is C12H18NO6P. The Kier molecular flexibility index (Phi) is 6.13. The molecule has 1 aromatic carbocycles. The summed E-state index contributed by atoms with van der Waals surface area (Å²) in [5.41, 5.74) is 0.130. The van der Waals surface area contributed by atoms with Gasteiger partial charge in [0.05, 0.1) is 37.5 Å². The summed E-state index contributed by atoms with van der Waals surface area (Å²) in [5, 5.41) is 11.1. The zero-order chi connectivity index (χ0) is 15.2. The Balaban J connectivity index is 3.12. The summed E-state index contributed by atoms with van der Waals surface area (Å²) >= 11 is 0. The first-order valence-corrected chi connectivity index (χ1v) is 7.88. The van der Waals surface area contributed by atoms with Crippen molar-refractivity contribution >= 4 is 13.3 Å². The van der Waals surface area contributed by atoms with Crippen LogP contribution in [-0.4, -0.2) is 25.2 Å². The Morgan fingerprint density at radius 3 is 2.30 bits per heavy atom. The highest BCUT2D eigenvalue weighted by Gasteiger charge is 2.28. The van der Waals surface area contributed by atoms with E-state index in [4.69, 9.17) is 13.8 Å². The minimum atomic E-state index is -3.38. The highest BCUT2D eigenvalue weighted by Crippen LogP contribution is 2.52. The third-order valence-corrected chi connectivity index (χ3v) is 4.54. The van der Waals surface area contributed by atoms with Crippen molar-refractivity contribution in [2.75, 3.05) is 20.3 Å². The van der Waals surface area contributed by atoms with Crippen LogP contribution in [0.2, 0.25) is 0 Å². The lowest BCUT2D eigenvalue weighted by Gasteiger charge is -2.17. The van der Waals surface area contributed by atoms with Crippen LogP contribution in [-0.2, 0) is 19.8 Å². The molecule has 0 N–H and O–H groups in total. The second-order valence-electron chi connectivity index (χ2n) is 3.86. The van der Waals surface area contributed by atoms with E-state index in [2.05, 4.69) is 0 Å². The third-order valence-electron chi connectivity index (χ3n) is 2.50. The summed E-state index contributed by atoms with van der Waals surface area (Å²) in [5.74, 6) is 0.364. The number of hydrogen-bond donors (Lipinski definition) is 0. The zero-order valence-corrected chi connectivity index (χ0v) is 12.6. The van der Waals surface area contributed by atoms with Gasteiger partial charge in [0.25, 0.3) is 5.69 Å². The SMILES string of the molecule is CCOP(=O)(Cc1ccc(OC)cc1[N+](=O)[O-])OCC. The van der Waals surface area contributed by atoms with Gasteiger partial charge in [0, 0.05) is 5.56 Å². The maximum absolute atomic E-state index is 12.4. The lowest BCUT2D eigenvalue weighted by molar-refractivity contribution is -0.385. The molecule has 112 valence electrons. The van der Waals surface area contributed by atoms with E-state index in [0.717, 1.165) is 0 Å². The molecule has 8 heteroatoms. The van der Waals surface area contributed by atoms with E-state index in [1.54, 1.807) is 19.9 Å². The van der Waals surface area contributed by atoms with Crippen molar-refractivity contribution in [2.45, 2.75) is 20.0 Å². The molecule has 0 spiro atoms. The number of nitro benzene ring substituents is 1. The van der Waals surface area contributed by atoms with Crippen LogP contribution >= 0.6 is 7.60 Å². The van der Waals surface area contributed by atoms with Gasteiger partial charge in [-0.15, -0.1) is 0 Å². The van der Waals surface area contributed by atoms with Gasteiger partial charge in [-0.25, -0.2) is 0 Å². The highest BCUT2D eigenvalue weighted by atomic mass is 31.2. The van der Waals surface area contributed by atoms with Crippen molar-refractivity contribution in [1.29, 1.82) is 0 Å². The van der Waals surface area contributed by atoms with E-state index in [-0.39, 0.29) is 25.1 Å². The van der Waals surface area contributed by atoms with Crippen LogP contribution in [0.15, 0.2) is 18.2 Å². The average molecular weight is 303 g/mol. The average Bonchev–Trinajstić information content (AvgIpc) is 2.39. The Hall–Kier alpha value is -1.43. The molecule has 0 amide bonds. The third kappa shape index (κ3) is 4.30. The lowest BCUT2D eigenvalue weighted by atomic mass is 10.2. The first-order chi connectivity index (χ1) is 9.45. The van der Waals surface area contributed by atoms with Crippen molar-refractivity contribution in [1.82, 2.24) is 0 Å². The van der Waals surface area contributed by atoms with Gasteiger partial charge in [-0.3, -0.25) is 14.7 Å². The molecule has 0 bridgehead atoms. The van der Waals surface area contributed by atoms with Crippen LogP contribution in [0, 0.1) is 10.1 Å². The molecule has 0 fully saturated rings. The fourth-order valence-electron chi connectivity index (χ4n) is 1.70. The molecule has 0 heterocycles. The molecular weight excluding hydrogens is 285 g/mol. The minimum Gasteiger partial charge on any atom is -0.497 e. The molecule has 0 saturated heterocycles. The van der Waals surface area contributed by atoms with Crippen molar-refractivity contribution in [3.05, 3.63) is 33.9 Å². The van der Waals surface area contributed by atoms with E-state index >= 15 is 0 Å². The van der Waals surface area contributed by atoms with E-state index in [9.17, 15) is 14.7 Å². The van der Waals surface area contributed by atoms with E-state index in [1.165, 1.54) is 19.2 Å². The molecule has 1 aromatic rings. The molecule has 0 aliphatic rings. The molecule has 0 aliphatic carbocycles. The van der Waals surface area contributed by atoms with Gasteiger partial charge in [-0.2, -0.15) is 0 Å². The number of rotatable bonds is 8. The Labute approximate surface area is 117 Å². The quantitative estimate of drug-likeness (QED) is 0.415. The minimum absolute atomic E-state index is 0.144. The Morgan fingerprint density at radius 2 is 1.85 bits per heavy atom. The Morgan fingerprint density at radius 1 is 1.25 bits per heavy atom. The fraction of sp³-hybridized carbons (Fsp3) is 0.500. The summed E-state index contributed by atoms with van der Waals surface area (Å²) in [6.45, 7) is 3.80. The second-order valence-corrected chi connectivity index (χ2v) is 5.91. The van der Waals surface area contributed by atoms with Crippen molar-refractivity contribution in [2.24, 2.45) is 0 Å². The molecule has 0 atom stereocenters. The number of methoxy groups -OCH3 is 1. The van der Waals surface area contributed by atoms with Gasteiger partial charge >= 0.3 is 7.60 Å². The summed E-state index contributed by atoms with van der Waals surface area (Å²) in [6, 6.07) is 4.36. The second kappa shape index (κ2) is 7.38. The monoisotopic (exact) mass is 303 g/mol. The summed E-state index contributed by atoms with van der Waals surface area (Å²) in [6.07, 6.45) is -0.144. The van der Waals surface area contributed by atoms with Crippen LogP contribution in [0.4, 0.5) is 5.69 Å². The van der Waals surface area contributed by atoms with Crippen molar-refractivity contribution in [3.63, 3.8) is 0 Å². The van der Waals surface area contributed by atoms with E-state index in [1.807, 2.05) is 0 Å². The number of nitro groups is 1. The van der Waals surface area contributed by atoms with E-state index < -0.39 is 12.5 Å². The van der Waals surface area contributed by atoms with Crippen LogP contribution in [0.5, 0.6) is 5.75 Å². The van der Waals surface area contributed by atoms with Gasteiger partial charge < -0.3 is 13.8 Å². The molecule has 1 rings (SSSR count). The Bertz CT molecular complexity index is 509. The molecule has 20 heavy (non-hydrogen) atoms. The molecule has 0 unspecified atom stereocenters. The smallest absolute Gasteiger partial charge is 0.335 e. The summed E-state index contributed by atoms with van der Waals surface area (Å²) in [7, 11) is -1.96. The van der Waals surface area contributed by atoms with Crippen LogP contribution < -0.4 is 4.74 Å². The molecule has 0 saturated carbocycles. The van der Waals surface area contributed by atoms with Gasteiger partial charge in [0.1, 0.15) is 5.75 Å². The van der Waals surface area contributed by atoms with Crippen LogP contribution in [0.3, 0.4) is 0 Å². The lowest BCUT2D eigenvalue weighted by Crippen LogP contribution is -2.02. The standard InChI is InChI=1S/C12H18NO6P/c1-4-18-20(16,19-5-2)9-10-6-7-11(17-3)8-12(10)13(14)15/h6-8H,4-5,9H2,1-3H3. The largest absolute Gasteiger partial charge is 0.497 e. The number of ether oxygens (including phenoxy) is 1. The van der Waals surface area contributed by atoms with Gasteiger partial charge in [0.15, 0.2) is 0 Å². The first-order valence-electron chi connectivity index (χ1n) is 6.15. The van der Waals surface area contributed by atoms with Crippen molar-refractivity contribution < 1.29 is 23.3 Å². The highest BCUT2D eigenvalue weighted by molar-refractivity contribution is 7.53. The zero-order valence-electron chi connectivity index (χ0n) is 11.7. The first kappa shape index (κ1) is 16.6. The summed E-state index contributed by atoms with van der Waals surface area (Å²) < 4.78 is 27.7. The van der Waals surface area contributed by atoms with Crippen LogP contribution in [0.25, 0.3) is 0 Å². The predicted octanol–water partition coefficient (Wildman–Crippen LogP) is 3.37. The van der Waals surface area contributed by atoms with Crippen molar-refractivity contribution in [3.8, 4) is 5.75 Å². The number of nitrogens with zero attached hydrogens (tertiary/aromatic N) is 1. The summed E-state index contributed by atoms with van der Waals surface area (Å²) in [4.78, 5) is 10.5. The maximum atomic E-state index is 12.4. The van der Waals surface area contributed by atoms with Gasteiger partial charge in [0.2, 0.25) is 0 Å². The normalized spacial score (nSPS) is 11.3. The number of hydrogen-bond acceptors (Lipinski definition) is 6. The molecule has 0 radical (unpaired) electrons. The molecule has 0 aromatic heterocycles. The number of benzene rings is 1. The van der Waals surface area contributed by atoms with E-state index in [0.29, 0.717) is 11.3 Å². The van der Waals surface area contributed by atoms with Gasteiger partial charge in [-0.05, 0) is 26.0 Å². The molecule has 7 nitrogen and oxygen atoms in total. The van der Waals surface area contributed by atoms with Gasteiger partial charge in [-0.1, -0.05) is 0 Å². The predicted molar refractivity (Wildman–Crippen MR) is 74.2 cm³/mol. The maximum Gasteiger partial charge on any atom is 0.335 e. The fourth-order valence-corrected chi connectivity index (χ4v) is 3.43. The van der Waals surface area contributed by atoms with Crippen LogP contribution in [0.1, 0.15) is 19.4 Å². The topological polar surface area (TPSA) is 87.9 Å².